The zero-order valence-corrected chi connectivity index (χ0v) is 10.3. The molecule has 0 amide bonds. The normalized spacial score (nSPS) is 17.1. The lowest BCUT2D eigenvalue weighted by Gasteiger charge is -2.32. The first-order valence-corrected chi connectivity index (χ1v) is 5.98. The van der Waals surface area contributed by atoms with Crippen LogP contribution >= 0.6 is 15.9 Å². The number of benzene rings is 1. The van der Waals surface area contributed by atoms with E-state index in [4.69, 9.17) is 0 Å². The van der Waals surface area contributed by atoms with Gasteiger partial charge in [-0.25, -0.2) is 0 Å². The summed E-state index contributed by atoms with van der Waals surface area (Å²) >= 11 is 3.62. The quantitative estimate of drug-likeness (QED) is 0.743. The average Bonchev–Trinajstić information content (AvgIpc) is 2.17. The zero-order valence-electron chi connectivity index (χ0n) is 8.76. The van der Waals surface area contributed by atoms with Crippen molar-refractivity contribution in [2.75, 3.05) is 6.54 Å². The van der Waals surface area contributed by atoms with Crippen LogP contribution < -0.4 is 0 Å². The third kappa shape index (κ3) is 1.86. The van der Waals surface area contributed by atoms with Gasteiger partial charge in [-0.15, -0.1) is 0 Å². The molecule has 2 rings (SSSR count). The van der Waals surface area contributed by atoms with Crippen LogP contribution in [0.25, 0.3) is 0 Å². The van der Waals surface area contributed by atoms with E-state index in [1.54, 1.807) is 0 Å². The zero-order chi connectivity index (χ0) is 10.1. The lowest BCUT2D eigenvalue weighted by atomic mass is 9.99. The molecule has 0 radical (unpaired) electrons. The van der Waals surface area contributed by atoms with E-state index in [2.05, 4.69) is 52.9 Å². The van der Waals surface area contributed by atoms with Gasteiger partial charge in [0, 0.05) is 23.6 Å². The second-order valence-electron chi connectivity index (χ2n) is 4.19. The molecule has 0 aromatic heterocycles. The predicted octanol–water partition coefficient (Wildman–Crippen LogP) is 3.22. The summed E-state index contributed by atoms with van der Waals surface area (Å²) in [4.78, 5) is 2.52. The molecule has 0 N–H and O–H groups in total. The smallest absolute Gasteiger partial charge is 0.0239 e. The van der Waals surface area contributed by atoms with E-state index in [9.17, 15) is 0 Å². The van der Waals surface area contributed by atoms with Gasteiger partial charge in [0.1, 0.15) is 0 Å². The third-order valence-corrected chi connectivity index (χ3v) is 3.71. The first-order valence-electron chi connectivity index (χ1n) is 5.19. The molecular weight excluding hydrogens is 238 g/mol. The van der Waals surface area contributed by atoms with Crippen LogP contribution in [0.2, 0.25) is 0 Å². The fourth-order valence-electron chi connectivity index (χ4n) is 2.03. The SMILES string of the molecule is CC(C)N1CCc2c(Br)cccc2C1. The summed E-state index contributed by atoms with van der Waals surface area (Å²) in [7, 11) is 0. The number of rotatable bonds is 1. The molecule has 0 atom stereocenters. The van der Waals surface area contributed by atoms with Gasteiger partial charge in [-0.05, 0) is 37.5 Å². The summed E-state index contributed by atoms with van der Waals surface area (Å²) in [5.74, 6) is 0. The molecule has 0 unspecified atom stereocenters. The number of fused-ring (bicyclic) bond motifs is 1. The van der Waals surface area contributed by atoms with Crippen molar-refractivity contribution in [3.05, 3.63) is 33.8 Å². The van der Waals surface area contributed by atoms with Crippen molar-refractivity contribution >= 4 is 15.9 Å². The van der Waals surface area contributed by atoms with Crippen LogP contribution in [0, 0.1) is 0 Å². The van der Waals surface area contributed by atoms with Crippen molar-refractivity contribution in [2.45, 2.75) is 32.9 Å². The first kappa shape index (κ1) is 10.2. The van der Waals surface area contributed by atoms with Crippen molar-refractivity contribution in [3.63, 3.8) is 0 Å². The van der Waals surface area contributed by atoms with Crippen LogP contribution in [0.5, 0.6) is 0 Å². The van der Waals surface area contributed by atoms with Gasteiger partial charge in [0.2, 0.25) is 0 Å². The second kappa shape index (κ2) is 4.03. The minimum atomic E-state index is 0.655. The van der Waals surface area contributed by atoms with Gasteiger partial charge in [0.15, 0.2) is 0 Å². The van der Waals surface area contributed by atoms with Crippen molar-refractivity contribution in [2.24, 2.45) is 0 Å². The van der Waals surface area contributed by atoms with Crippen LogP contribution in [-0.2, 0) is 13.0 Å². The third-order valence-electron chi connectivity index (χ3n) is 2.97. The second-order valence-corrected chi connectivity index (χ2v) is 5.05. The van der Waals surface area contributed by atoms with Gasteiger partial charge in [-0.2, -0.15) is 0 Å². The Morgan fingerprint density at radius 1 is 1.36 bits per heavy atom. The topological polar surface area (TPSA) is 3.24 Å². The molecule has 1 aliphatic rings. The highest BCUT2D eigenvalue weighted by atomic mass is 79.9. The van der Waals surface area contributed by atoms with Crippen LogP contribution in [0.1, 0.15) is 25.0 Å². The minimum absolute atomic E-state index is 0.655. The van der Waals surface area contributed by atoms with E-state index in [0.717, 1.165) is 6.54 Å². The van der Waals surface area contributed by atoms with Crippen molar-refractivity contribution in [1.29, 1.82) is 0 Å². The van der Waals surface area contributed by atoms with Gasteiger partial charge < -0.3 is 0 Å². The van der Waals surface area contributed by atoms with Gasteiger partial charge in [-0.1, -0.05) is 28.1 Å². The highest BCUT2D eigenvalue weighted by molar-refractivity contribution is 9.10. The van der Waals surface area contributed by atoms with Crippen LogP contribution in [0.3, 0.4) is 0 Å². The summed E-state index contributed by atoms with van der Waals surface area (Å²) in [6.45, 7) is 6.83. The molecule has 1 heterocycles. The Kier molecular flexibility index (Phi) is 2.93. The Balaban J connectivity index is 2.27. The highest BCUT2D eigenvalue weighted by Crippen LogP contribution is 2.26. The maximum atomic E-state index is 3.62. The maximum Gasteiger partial charge on any atom is 0.0239 e. The Hall–Kier alpha value is -0.340. The standard InChI is InChI=1S/C12H16BrN/c1-9(2)14-7-6-11-10(8-14)4-3-5-12(11)13/h3-5,9H,6-8H2,1-2H3. The number of nitrogens with zero attached hydrogens (tertiary/aromatic N) is 1. The fourth-order valence-corrected chi connectivity index (χ4v) is 2.63. The van der Waals surface area contributed by atoms with Gasteiger partial charge in [-0.3, -0.25) is 4.90 Å². The molecule has 0 spiro atoms. The first-order chi connectivity index (χ1) is 6.68. The molecule has 1 aliphatic heterocycles. The Bertz CT molecular complexity index is 333. The molecule has 1 aromatic carbocycles. The fraction of sp³-hybridized carbons (Fsp3) is 0.500. The molecule has 1 aromatic rings. The van der Waals surface area contributed by atoms with E-state index in [0.29, 0.717) is 6.04 Å². The van der Waals surface area contributed by atoms with Crippen molar-refractivity contribution < 1.29 is 0 Å². The van der Waals surface area contributed by atoms with E-state index in [-0.39, 0.29) is 0 Å². The van der Waals surface area contributed by atoms with Gasteiger partial charge >= 0.3 is 0 Å². The monoisotopic (exact) mass is 253 g/mol. The molecule has 0 aliphatic carbocycles. The van der Waals surface area contributed by atoms with Gasteiger partial charge in [0.25, 0.3) is 0 Å². The van der Waals surface area contributed by atoms with E-state index < -0.39 is 0 Å². The molecule has 0 bridgehead atoms. The summed E-state index contributed by atoms with van der Waals surface area (Å²) in [6.07, 6.45) is 1.18. The van der Waals surface area contributed by atoms with Gasteiger partial charge in [0.05, 0.1) is 0 Å². The summed E-state index contributed by atoms with van der Waals surface area (Å²) in [5.41, 5.74) is 2.99. The Labute approximate surface area is 94.2 Å². The van der Waals surface area contributed by atoms with Crippen molar-refractivity contribution in [1.82, 2.24) is 4.90 Å². The molecule has 0 saturated heterocycles. The summed E-state index contributed by atoms with van der Waals surface area (Å²) in [5, 5.41) is 0. The van der Waals surface area contributed by atoms with Crippen molar-refractivity contribution in [3.8, 4) is 0 Å². The van der Waals surface area contributed by atoms with Crippen LogP contribution in [0.15, 0.2) is 22.7 Å². The lowest BCUT2D eigenvalue weighted by Crippen LogP contribution is -2.35. The number of hydrogen-bond donors (Lipinski definition) is 0. The minimum Gasteiger partial charge on any atom is -0.296 e. The predicted molar refractivity (Wildman–Crippen MR) is 63.4 cm³/mol. The molecule has 14 heavy (non-hydrogen) atoms. The molecule has 2 heteroatoms. The molecule has 0 saturated carbocycles. The molecule has 0 fully saturated rings. The highest BCUT2D eigenvalue weighted by Gasteiger charge is 2.19. The molecular formula is C12H16BrN. The van der Waals surface area contributed by atoms with E-state index in [1.165, 1.54) is 28.6 Å². The molecule has 1 nitrogen and oxygen atoms in total. The number of halogens is 1. The largest absolute Gasteiger partial charge is 0.296 e. The Morgan fingerprint density at radius 3 is 2.86 bits per heavy atom. The Morgan fingerprint density at radius 2 is 2.14 bits per heavy atom. The summed E-state index contributed by atoms with van der Waals surface area (Å²) < 4.78 is 1.28. The lowest BCUT2D eigenvalue weighted by molar-refractivity contribution is 0.203. The van der Waals surface area contributed by atoms with E-state index in [1.807, 2.05) is 0 Å². The maximum absolute atomic E-state index is 3.62. The number of hydrogen-bond acceptors (Lipinski definition) is 1. The summed E-state index contributed by atoms with van der Waals surface area (Å²) in [6, 6.07) is 7.17. The molecule has 76 valence electrons. The van der Waals surface area contributed by atoms with Crippen LogP contribution in [0.4, 0.5) is 0 Å². The average molecular weight is 254 g/mol. The van der Waals surface area contributed by atoms with E-state index >= 15 is 0 Å². The van der Waals surface area contributed by atoms with Crippen LogP contribution in [-0.4, -0.2) is 17.5 Å².